The van der Waals surface area contributed by atoms with E-state index < -0.39 is 0 Å². The van der Waals surface area contributed by atoms with Crippen LogP contribution < -0.4 is 5.32 Å². The number of nitrogens with one attached hydrogen (secondary N) is 1. The fourth-order valence-electron chi connectivity index (χ4n) is 1.48. The normalized spacial score (nSPS) is 24.4. The predicted molar refractivity (Wildman–Crippen MR) is 65.1 cm³/mol. The highest BCUT2D eigenvalue weighted by Gasteiger charge is 2.24. The third-order valence-corrected chi connectivity index (χ3v) is 3.87. The highest BCUT2D eigenvalue weighted by Crippen LogP contribution is 2.10. The number of likely N-dealkylation sites (N-methyl/N-ethyl adjacent to an activating group) is 1. The molecule has 0 aliphatic carbocycles. The van der Waals surface area contributed by atoms with Gasteiger partial charge in [0, 0.05) is 36.9 Å². The topological polar surface area (TPSA) is 24.5 Å². The number of alkyl halides is 2. The number of ether oxygens (including phenoxy) is 1. The van der Waals surface area contributed by atoms with Crippen LogP contribution in [0, 0.1) is 0 Å². The summed E-state index contributed by atoms with van der Waals surface area (Å²) >= 11 is 11.7. The molecule has 15 heavy (non-hydrogen) atoms. The van der Waals surface area contributed by atoms with Crippen LogP contribution in [0.5, 0.6) is 0 Å². The zero-order chi connectivity index (χ0) is 11.3. The van der Waals surface area contributed by atoms with Gasteiger partial charge in [-0.1, -0.05) is 0 Å². The number of rotatable bonds is 5. The van der Waals surface area contributed by atoms with Crippen molar-refractivity contribution in [2.45, 2.75) is 18.6 Å². The van der Waals surface area contributed by atoms with Gasteiger partial charge in [0.15, 0.2) is 0 Å². The molecule has 1 atom stereocenters. The summed E-state index contributed by atoms with van der Waals surface area (Å²) in [6.45, 7) is 5.62. The van der Waals surface area contributed by atoms with Crippen molar-refractivity contribution in [2.24, 2.45) is 0 Å². The van der Waals surface area contributed by atoms with E-state index in [1.54, 1.807) is 0 Å². The van der Waals surface area contributed by atoms with Crippen molar-refractivity contribution in [2.75, 3.05) is 45.0 Å². The maximum atomic E-state index is 5.86. The number of halogens is 2. The number of morpholine rings is 1. The fraction of sp³-hybridized carbons (Fsp3) is 1.00. The zero-order valence-corrected chi connectivity index (χ0v) is 10.9. The van der Waals surface area contributed by atoms with Crippen LogP contribution in [0.4, 0.5) is 0 Å². The lowest BCUT2D eigenvalue weighted by Crippen LogP contribution is -2.52. The van der Waals surface area contributed by atoms with Gasteiger partial charge >= 0.3 is 0 Å². The molecule has 1 heterocycles. The predicted octanol–water partition coefficient (Wildman–Crippen LogP) is 1.14. The highest BCUT2D eigenvalue weighted by molar-refractivity contribution is 6.22. The third-order valence-electron chi connectivity index (χ3n) is 2.69. The van der Waals surface area contributed by atoms with Gasteiger partial charge in [0.05, 0.1) is 12.7 Å². The van der Waals surface area contributed by atoms with E-state index >= 15 is 0 Å². The maximum absolute atomic E-state index is 5.86. The SMILES string of the molecule is CN1CCOC(CNC(C)(CCl)CCl)C1. The van der Waals surface area contributed by atoms with Crippen molar-refractivity contribution in [3.8, 4) is 0 Å². The lowest BCUT2D eigenvalue weighted by molar-refractivity contribution is -0.0204. The first-order valence-corrected chi connectivity index (χ1v) is 6.33. The molecule has 1 fully saturated rings. The maximum Gasteiger partial charge on any atom is 0.0826 e. The molecule has 1 aliphatic rings. The number of hydrogen-bond donors (Lipinski definition) is 1. The van der Waals surface area contributed by atoms with E-state index in [-0.39, 0.29) is 11.6 Å². The lowest BCUT2D eigenvalue weighted by Gasteiger charge is -2.33. The van der Waals surface area contributed by atoms with Crippen molar-refractivity contribution in [3.63, 3.8) is 0 Å². The largest absolute Gasteiger partial charge is 0.374 e. The smallest absolute Gasteiger partial charge is 0.0826 e. The average molecular weight is 255 g/mol. The standard InChI is InChI=1S/C10H20Cl2N2O/c1-10(7-11,8-12)13-5-9-6-14(2)3-4-15-9/h9,13H,3-8H2,1-2H3. The molecule has 90 valence electrons. The minimum Gasteiger partial charge on any atom is -0.374 e. The van der Waals surface area contributed by atoms with E-state index in [2.05, 4.69) is 17.3 Å². The second-order valence-electron chi connectivity index (χ2n) is 4.46. The Bertz CT molecular complexity index is 188. The molecule has 1 unspecified atom stereocenters. The van der Waals surface area contributed by atoms with E-state index in [1.165, 1.54) is 0 Å². The van der Waals surface area contributed by atoms with Crippen LogP contribution in [-0.4, -0.2) is 61.6 Å². The Kier molecular flexibility index (Phi) is 5.64. The van der Waals surface area contributed by atoms with Crippen molar-refractivity contribution < 1.29 is 4.74 Å². The van der Waals surface area contributed by atoms with Crippen LogP contribution in [0.15, 0.2) is 0 Å². The Morgan fingerprint density at radius 3 is 2.67 bits per heavy atom. The Balaban J connectivity index is 2.29. The molecule has 0 bridgehead atoms. The summed E-state index contributed by atoms with van der Waals surface area (Å²) < 4.78 is 5.64. The summed E-state index contributed by atoms with van der Waals surface area (Å²) in [6.07, 6.45) is 0.245. The minimum atomic E-state index is -0.192. The van der Waals surface area contributed by atoms with Gasteiger partial charge in [0.25, 0.3) is 0 Å². The summed E-state index contributed by atoms with van der Waals surface area (Å²) in [7, 11) is 2.11. The summed E-state index contributed by atoms with van der Waals surface area (Å²) in [5, 5.41) is 3.37. The quantitative estimate of drug-likeness (QED) is 0.746. The van der Waals surface area contributed by atoms with E-state index in [0.29, 0.717) is 11.8 Å². The molecule has 0 aromatic heterocycles. The van der Waals surface area contributed by atoms with Gasteiger partial charge in [-0.2, -0.15) is 0 Å². The molecule has 0 aromatic carbocycles. The van der Waals surface area contributed by atoms with Gasteiger partial charge < -0.3 is 15.0 Å². The molecule has 1 saturated heterocycles. The first-order chi connectivity index (χ1) is 7.09. The van der Waals surface area contributed by atoms with E-state index in [9.17, 15) is 0 Å². The van der Waals surface area contributed by atoms with Crippen LogP contribution >= 0.6 is 23.2 Å². The van der Waals surface area contributed by atoms with Crippen molar-refractivity contribution in [1.82, 2.24) is 10.2 Å². The Morgan fingerprint density at radius 2 is 2.13 bits per heavy atom. The van der Waals surface area contributed by atoms with Gasteiger partial charge in [-0.25, -0.2) is 0 Å². The summed E-state index contributed by atoms with van der Waals surface area (Å²) in [6, 6.07) is 0. The Labute approximate surface area is 102 Å². The molecule has 0 aromatic rings. The first kappa shape index (κ1) is 13.5. The monoisotopic (exact) mass is 254 g/mol. The summed E-state index contributed by atoms with van der Waals surface area (Å²) in [4.78, 5) is 2.27. The zero-order valence-electron chi connectivity index (χ0n) is 9.43. The first-order valence-electron chi connectivity index (χ1n) is 5.27. The summed E-state index contributed by atoms with van der Waals surface area (Å²) in [5.41, 5.74) is -0.192. The van der Waals surface area contributed by atoms with Crippen LogP contribution in [0.3, 0.4) is 0 Å². The molecule has 0 radical (unpaired) electrons. The molecule has 5 heteroatoms. The van der Waals surface area contributed by atoms with E-state index in [4.69, 9.17) is 27.9 Å². The van der Waals surface area contributed by atoms with Crippen LogP contribution in [-0.2, 0) is 4.74 Å². The molecule has 1 N–H and O–H groups in total. The fourth-order valence-corrected chi connectivity index (χ4v) is 1.96. The number of hydrogen-bond acceptors (Lipinski definition) is 3. The van der Waals surface area contributed by atoms with Crippen LogP contribution in [0.1, 0.15) is 6.92 Å². The van der Waals surface area contributed by atoms with Crippen LogP contribution in [0.2, 0.25) is 0 Å². The van der Waals surface area contributed by atoms with Gasteiger partial charge in [-0.05, 0) is 14.0 Å². The second kappa shape index (κ2) is 6.26. The molecular weight excluding hydrogens is 235 g/mol. The van der Waals surface area contributed by atoms with Crippen molar-refractivity contribution in [3.05, 3.63) is 0 Å². The van der Waals surface area contributed by atoms with E-state index in [1.807, 2.05) is 6.92 Å². The van der Waals surface area contributed by atoms with Gasteiger partial charge in [0.2, 0.25) is 0 Å². The third kappa shape index (κ3) is 4.45. The summed E-state index contributed by atoms with van der Waals surface area (Å²) in [5.74, 6) is 1.03. The van der Waals surface area contributed by atoms with Crippen LogP contribution in [0.25, 0.3) is 0 Å². The molecule has 0 spiro atoms. The Hall–Kier alpha value is 0.460. The number of nitrogens with zero attached hydrogens (tertiary/aromatic N) is 1. The molecule has 1 aliphatic heterocycles. The van der Waals surface area contributed by atoms with Crippen molar-refractivity contribution >= 4 is 23.2 Å². The highest BCUT2D eigenvalue weighted by atomic mass is 35.5. The van der Waals surface area contributed by atoms with Gasteiger partial charge in [-0.15, -0.1) is 23.2 Å². The van der Waals surface area contributed by atoms with Crippen molar-refractivity contribution in [1.29, 1.82) is 0 Å². The van der Waals surface area contributed by atoms with E-state index in [0.717, 1.165) is 26.2 Å². The molecule has 0 saturated carbocycles. The van der Waals surface area contributed by atoms with Gasteiger partial charge in [0.1, 0.15) is 0 Å². The minimum absolute atomic E-state index is 0.192. The average Bonchev–Trinajstić information content (AvgIpc) is 2.26. The molecular formula is C10H20Cl2N2O. The lowest BCUT2D eigenvalue weighted by atomic mass is 10.1. The molecule has 1 rings (SSSR count). The second-order valence-corrected chi connectivity index (χ2v) is 5.00. The molecule has 3 nitrogen and oxygen atoms in total. The molecule has 0 amide bonds. The Morgan fingerprint density at radius 1 is 1.47 bits per heavy atom. The van der Waals surface area contributed by atoms with Gasteiger partial charge in [-0.3, -0.25) is 0 Å².